The van der Waals surface area contributed by atoms with Crippen molar-refractivity contribution >= 4 is 27.7 Å². The van der Waals surface area contributed by atoms with E-state index in [0.29, 0.717) is 24.8 Å². The topological polar surface area (TPSA) is 58.6 Å². The quantitative estimate of drug-likeness (QED) is 0.504. The molecule has 0 heterocycles. The molecule has 0 aliphatic heterocycles. The molecule has 0 saturated carbocycles. The number of carbonyl (C=O) groups excluding carboxylic acids is 2. The number of ether oxygens (including phenoxy) is 1. The maximum Gasteiger partial charge on any atom is 0.261 e. The molecule has 0 radical (unpaired) electrons. The standard InChI is InChI=1S/C26H35BrN2O3/c1-18(2)15-28-25(31)19(3)29(16-20-10-9-11-21(27)14-20)24(30)17-32-23-13-8-7-12-22(23)26(4,5)6/h7-14,18-19H,15-17H2,1-6H3,(H,28,31)/t19-/m0/s1. The van der Waals surface area contributed by atoms with E-state index in [1.54, 1.807) is 11.8 Å². The van der Waals surface area contributed by atoms with Gasteiger partial charge >= 0.3 is 0 Å². The van der Waals surface area contributed by atoms with Crippen LogP contribution in [0.3, 0.4) is 0 Å². The van der Waals surface area contributed by atoms with Crippen LogP contribution in [0.5, 0.6) is 5.75 Å². The maximum atomic E-state index is 13.3. The first-order chi connectivity index (χ1) is 15.0. The number of nitrogens with zero attached hydrogens (tertiary/aromatic N) is 1. The van der Waals surface area contributed by atoms with Crippen molar-refractivity contribution in [3.63, 3.8) is 0 Å². The van der Waals surface area contributed by atoms with Crippen LogP contribution in [0.25, 0.3) is 0 Å². The normalized spacial score (nSPS) is 12.4. The van der Waals surface area contributed by atoms with Crippen LogP contribution in [0.4, 0.5) is 0 Å². The van der Waals surface area contributed by atoms with Crippen molar-refractivity contribution in [2.45, 2.75) is 59.5 Å². The van der Waals surface area contributed by atoms with Crippen molar-refractivity contribution < 1.29 is 14.3 Å². The molecule has 2 amide bonds. The summed E-state index contributed by atoms with van der Waals surface area (Å²) in [6.45, 7) is 12.9. The van der Waals surface area contributed by atoms with E-state index in [1.807, 2.05) is 62.4 Å². The minimum Gasteiger partial charge on any atom is -0.483 e. The fourth-order valence-electron chi connectivity index (χ4n) is 3.30. The molecule has 1 atom stereocenters. The summed E-state index contributed by atoms with van der Waals surface area (Å²) in [7, 11) is 0. The van der Waals surface area contributed by atoms with Crippen molar-refractivity contribution in [2.75, 3.05) is 13.2 Å². The number of hydrogen-bond acceptors (Lipinski definition) is 3. The van der Waals surface area contributed by atoms with Gasteiger partial charge in [-0.3, -0.25) is 9.59 Å². The minimum absolute atomic E-state index is 0.111. The Kier molecular flexibility index (Phi) is 9.32. The van der Waals surface area contributed by atoms with Gasteiger partial charge in [0.1, 0.15) is 11.8 Å². The predicted octanol–water partition coefficient (Wildman–Crippen LogP) is 5.31. The zero-order valence-electron chi connectivity index (χ0n) is 19.9. The maximum absolute atomic E-state index is 13.3. The molecule has 0 aliphatic rings. The summed E-state index contributed by atoms with van der Waals surface area (Å²) >= 11 is 3.48. The van der Waals surface area contributed by atoms with Crippen molar-refractivity contribution in [3.05, 3.63) is 64.1 Å². The number of para-hydroxylation sites is 1. The highest BCUT2D eigenvalue weighted by Gasteiger charge is 2.27. The summed E-state index contributed by atoms with van der Waals surface area (Å²) in [5, 5.41) is 2.93. The van der Waals surface area contributed by atoms with Crippen molar-refractivity contribution in [1.82, 2.24) is 10.2 Å². The van der Waals surface area contributed by atoms with Gasteiger partial charge in [-0.25, -0.2) is 0 Å². The first-order valence-electron chi connectivity index (χ1n) is 11.0. The summed E-state index contributed by atoms with van der Waals surface area (Å²) in [5.74, 6) is 0.614. The second-order valence-electron chi connectivity index (χ2n) is 9.50. The number of amides is 2. The number of hydrogen-bond donors (Lipinski definition) is 1. The third kappa shape index (κ3) is 7.66. The molecule has 174 valence electrons. The molecule has 0 unspecified atom stereocenters. The molecule has 2 aromatic rings. The number of benzene rings is 2. The SMILES string of the molecule is CC(C)CNC(=O)[C@H](C)N(Cc1cccc(Br)c1)C(=O)COc1ccccc1C(C)(C)C. The van der Waals surface area contributed by atoms with E-state index in [1.165, 1.54) is 0 Å². The van der Waals surface area contributed by atoms with Gasteiger partial charge in [0.25, 0.3) is 5.91 Å². The molecule has 32 heavy (non-hydrogen) atoms. The summed E-state index contributed by atoms with van der Waals surface area (Å²) in [6.07, 6.45) is 0. The van der Waals surface area contributed by atoms with Crippen molar-refractivity contribution in [3.8, 4) is 5.75 Å². The first-order valence-corrected chi connectivity index (χ1v) is 11.8. The van der Waals surface area contributed by atoms with E-state index in [9.17, 15) is 9.59 Å². The third-order valence-electron chi connectivity index (χ3n) is 5.14. The van der Waals surface area contributed by atoms with E-state index in [4.69, 9.17) is 4.74 Å². The third-order valence-corrected chi connectivity index (χ3v) is 5.63. The summed E-state index contributed by atoms with van der Waals surface area (Å²) < 4.78 is 6.89. The Labute approximate surface area is 200 Å². The molecular weight excluding hydrogens is 468 g/mol. The highest BCUT2D eigenvalue weighted by Crippen LogP contribution is 2.31. The van der Waals surface area contributed by atoms with Gasteiger partial charge in [0.05, 0.1) is 0 Å². The first kappa shape index (κ1) is 25.9. The molecule has 0 bridgehead atoms. The molecule has 0 aliphatic carbocycles. The lowest BCUT2D eigenvalue weighted by atomic mass is 9.86. The van der Waals surface area contributed by atoms with Crippen molar-refractivity contribution in [2.24, 2.45) is 5.92 Å². The van der Waals surface area contributed by atoms with Gasteiger partial charge < -0.3 is 15.0 Å². The molecule has 5 nitrogen and oxygen atoms in total. The number of rotatable bonds is 9. The van der Waals surface area contributed by atoms with Gasteiger partial charge in [0.15, 0.2) is 6.61 Å². The average molecular weight is 503 g/mol. The Morgan fingerprint density at radius 3 is 2.38 bits per heavy atom. The summed E-state index contributed by atoms with van der Waals surface area (Å²) in [5.41, 5.74) is 1.86. The molecule has 0 saturated heterocycles. The van der Waals surface area contributed by atoms with Crippen LogP contribution in [0.1, 0.15) is 52.7 Å². The largest absolute Gasteiger partial charge is 0.483 e. The highest BCUT2D eigenvalue weighted by molar-refractivity contribution is 9.10. The molecule has 2 rings (SSSR count). The molecule has 2 aromatic carbocycles. The summed E-state index contributed by atoms with van der Waals surface area (Å²) in [4.78, 5) is 27.6. The fourth-order valence-corrected chi connectivity index (χ4v) is 3.75. The molecule has 0 spiro atoms. The smallest absolute Gasteiger partial charge is 0.261 e. The van der Waals surface area contributed by atoms with Crippen LogP contribution in [-0.2, 0) is 21.5 Å². The molecule has 1 N–H and O–H groups in total. The Morgan fingerprint density at radius 2 is 1.75 bits per heavy atom. The highest BCUT2D eigenvalue weighted by atomic mass is 79.9. The van der Waals surface area contributed by atoms with Crippen LogP contribution in [0, 0.1) is 5.92 Å². The zero-order valence-corrected chi connectivity index (χ0v) is 21.5. The number of halogens is 1. The monoisotopic (exact) mass is 502 g/mol. The van der Waals surface area contributed by atoms with E-state index >= 15 is 0 Å². The summed E-state index contributed by atoms with van der Waals surface area (Å²) in [6, 6.07) is 14.9. The van der Waals surface area contributed by atoms with E-state index < -0.39 is 6.04 Å². The van der Waals surface area contributed by atoms with E-state index in [2.05, 4.69) is 42.0 Å². The Balaban J connectivity index is 2.21. The van der Waals surface area contributed by atoms with Crippen LogP contribution in [0.15, 0.2) is 53.0 Å². The number of nitrogens with one attached hydrogen (secondary N) is 1. The van der Waals surface area contributed by atoms with E-state index in [-0.39, 0.29) is 23.8 Å². The Hall–Kier alpha value is -2.34. The van der Waals surface area contributed by atoms with E-state index in [0.717, 1.165) is 15.6 Å². The van der Waals surface area contributed by atoms with Gasteiger partial charge in [-0.05, 0) is 47.6 Å². The van der Waals surface area contributed by atoms with Gasteiger partial charge in [0, 0.05) is 17.6 Å². The fraction of sp³-hybridized carbons (Fsp3) is 0.462. The average Bonchev–Trinajstić information content (AvgIpc) is 2.73. The second kappa shape index (κ2) is 11.5. The van der Waals surface area contributed by atoms with Crippen LogP contribution in [-0.4, -0.2) is 35.9 Å². The molecule has 0 fully saturated rings. The van der Waals surface area contributed by atoms with Gasteiger partial charge in [-0.15, -0.1) is 0 Å². The lowest BCUT2D eigenvalue weighted by Gasteiger charge is -2.29. The Bertz CT molecular complexity index is 921. The Morgan fingerprint density at radius 1 is 1.06 bits per heavy atom. The van der Waals surface area contributed by atoms with Crippen LogP contribution < -0.4 is 10.1 Å². The minimum atomic E-state index is -0.623. The lowest BCUT2D eigenvalue weighted by molar-refractivity contribution is -0.142. The molecular formula is C26H35BrN2O3. The second-order valence-corrected chi connectivity index (χ2v) is 10.4. The lowest BCUT2D eigenvalue weighted by Crippen LogP contribution is -2.49. The van der Waals surface area contributed by atoms with Gasteiger partial charge in [0.2, 0.25) is 5.91 Å². The van der Waals surface area contributed by atoms with Crippen molar-refractivity contribution in [1.29, 1.82) is 0 Å². The van der Waals surface area contributed by atoms with Crippen LogP contribution in [0.2, 0.25) is 0 Å². The molecule has 6 heteroatoms. The van der Waals surface area contributed by atoms with Gasteiger partial charge in [-0.1, -0.05) is 80.9 Å². The zero-order chi connectivity index (χ0) is 23.9. The predicted molar refractivity (Wildman–Crippen MR) is 133 cm³/mol. The number of carbonyl (C=O) groups is 2. The molecule has 0 aromatic heterocycles. The van der Waals surface area contributed by atoms with Gasteiger partial charge in [-0.2, -0.15) is 0 Å². The van der Waals surface area contributed by atoms with Crippen LogP contribution >= 0.6 is 15.9 Å².